The molecule has 0 bridgehead atoms. The van der Waals surface area contributed by atoms with Crippen LogP contribution < -0.4 is 4.90 Å². The van der Waals surface area contributed by atoms with Gasteiger partial charge in [-0.15, -0.1) is 0 Å². The summed E-state index contributed by atoms with van der Waals surface area (Å²) in [5, 5.41) is 10.7. The summed E-state index contributed by atoms with van der Waals surface area (Å²) >= 11 is 0. The van der Waals surface area contributed by atoms with E-state index in [-0.39, 0.29) is 10.6 Å². The molecule has 0 aliphatic carbocycles. The molecule has 0 aliphatic rings. The van der Waals surface area contributed by atoms with Gasteiger partial charge in [0.15, 0.2) is 0 Å². The molecule has 16 heavy (non-hydrogen) atoms. The van der Waals surface area contributed by atoms with Gasteiger partial charge >= 0.3 is 0 Å². The Morgan fingerprint density at radius 2 is 2.19 bits per heavy atom. The van der Waals surface area contributed by atoms with Gasteiger partial charge in [-0.25, -0.2) is 0 Å². The summed E-state index contributed by atoms with van der Waals surface area (Å²) in [5.41, 5.74) is 2.85. The highest BCUT2D eigenvalue weighted by atomic mass is 16.6. The first-order valence-corrected chi connectivity index (χ1v) is 5.02. The number of hydrogen-bond donors (Lipinski definition) is 0. The van der Waals surface area contributed by atoms with E-state index in [1.807, 2.05) is 24.9 Å². The Hall–Kier alpha value is -1.84. The first kappa shape index (κ1) is 12.2. The molecule has 0 atom stereocenters. The summed E-state index contributed by atoms with van der Waals surface area (Å²) < 4.78 is 0. The van der Waals surface area contributed by atoms with Gasteiger partial charge in [0.2, 0.25) is 0 Å². The van der Waals surface area contributed by atoms with Crippen molar-refractivity contribution in [3.8, 4) is 0 Å². The minimum atomic E-state index is -0.363. The third kappa shape index (κ3) is 2.82. The highest BCUT2D eigenvalue weighted by molar-refractivity contribution is 5.55. The molecule has 0 aliphatic heterocycles. The quantitative estimate of drug-likeness (QED) is 0.445. The molecular weight excluding hydrogens is 204 g/mol. The SMILES string of the molecule is C=C(C)CN(C)c1ccc([N+](=O)[O-])c(C)c1. The van der Waals surface area contributed by atoms with Crippen LogP contribution in [0.4, 0.5) is 11.4 Å². The molecule has 0 spiro atoms. The van der Waals surface area contributed by atoms with Gasteiger partial charge in [0.05, 0.1) is 4.92 Å². The van der Waals surface area contributed by atoms with Gasteiger partial charge in [-0.05, 0) is 26.0 Å². The summed E-state index contributed by atoms with van der Waals surface area (Å²) in [7, 11) is 1.94. The minimum absolute atomic E-state index is 0.160. The van der Waals surface area contributed by atoms with Crippen LogP contribution in [0.15, 0.2) is 30.4 Å². The lowest BCUT2D eigenvalue weighted by molar-refractivity contribution is -0.385. The lowest BCUT2D eigenvalue weighted by Crippen LogP contribution is -2.19. The normalized spacial score (nSPS) is 9.94. The van der Waals surface area contributed by atoms with Gasteiger partial charge in [0.1, 0.15) is 0 Å². The Bertz CT molecular complexity index is 427. The monoisotopic (exact) mass is 220 g/mol. The van der Waals surface area contributed by atoms with Gasteiger partial charge in [0, 0.05) is 30.9 Å². The van der Waals surface area contributed by atoms with Gasteiger partial charge in [-0.2, -0.15) is 0 Å². The standard InChI is InChI=1S/C12H16N2O2/c1-9(2)8-13(4)11-5-6-12(14(15)16)10(3)7-11/h5-7H,1,8H2,2-4H3. The molecule has 1 rings (SSSR count). The summed E-state index contributed by atoms with van der Waals surface area (Å²) in [4.78, 5) is 12.3. The number of anilines is 1. The summed E-state index contributed by atoms with van der Waals surface area (Å²) in [6, 6.07) is 5.12. The second-order valence-electron chi connectivity index (χ2n) is 4.04. The van der Waals surface area contributed by atoms with Crippen LogP contribution in [0.5, 0.6) is 0 Å². The zero-order valence-corrected chi connectivity index (χ0v) is 9.86. The molecule has 0 saturated heterocycles. The lowest BCUT2D eigenvalue weighted by Gasteiger charge is -2.19. The van der Waals surface area contributed by atoms with Crippen molar-refractivity contribution in [3.05, 3.63) is 46.0 Å². The molecule has 0 fully saturated rings. The van der Waals surface area contributed by atoms with Crippen molar-refractivity contribution in [2.45, 2.75) is 13.8 Å². The van der Waals surface area contributed by atoms with Crippen molar-refractivity contribution in [1.82, 2.24) is 0 Å². The smallest absolute Gasteiger partial charge is 0.272 e. The molecule has 0 aromatic heterocycles. The zero-order valence-electron chi connectivity index (χ0n) is 9.86. The topological polar surface area (TPSA) is 46.4 Å². The Morgan fingerprint density at radius 1 is 1.56 bits per heavy atom. The fourth-order valence-electron chi connectivity index (χ4n) is 1.58. The first-order chi connectivity index (χ1) is 7.41. The molecule has 0 saturated carbocycles. The predicted octanol–water partition coefficient (Wildman–Crippen LogP) is 2.92. The number of aryl methyl sites for hydroxylation is 1. The maximum atomic E-state index is 10.7. The maximum absolute atomic E-state index is 10.7. The molecule has 4 nitrogen and oxygen atoms in total. The Labute approximate surface area is 95.3 Å². The second-order valence-corrected chi connectivity index (χ2v) is 4.04. The summed E-state index contributed by atoms with van der Waals surface area (Å²) in [5.74, 6) is 0. The van der Waals surface area contributed by atoms with Crippen molar-refractivity contribution >= 4 is 11.4 Å². The largest absolute Gasteiger partial charge is 0.371 e. The van der Waals surface area contributed by atoms with Crippen LogP contribution in [0, 0.1) is 17.0 Å². The Morgan fingerprint density at radius 3 is 2.62 bits per heavy atom. The van der Waals surface area contributed by atoms with E-state index in [1.165, 1.54) is 0 Å². The molecule has 0 N–H and O–H groups in total. The van der Waals surface area contributed by atoms with E-state index in [1.54, 1.807) is 19.1 Å². The number of likely N-dealkylation sites (N-methyl/N-ethyl adjacent to an activating group) is 1. The van der Waals surface area contributed by atoms with Crippen LogP contribution in [0.25, 0.3) is 0 Å². The average molecular weight is 220 g/mol. The van der Waals surface area contributed by atoms with Crippen LogP contribution in [-0.2, 0) is 0 Å². The van der Waals surface area contributed by atoms with Gasteiger partial charge < -0.3 is 4.90 Å². The van der Waals surface area contributed by atoms with Crippen LogP contribution in [0.2, 0.25) is 0 Å². The highest BCUT2D eigenvalue weighted by Gasteiger charge is 2.11. The first-order valence-electron chi connectivity index (χ1n) is 5.02. The number of benzene rings is 1. The molecule has 0 radical (unpaired) electrons. The molecular formula is C12H16N2O2. The average Bonchev–Trinajstić information content (AvgIpc) is 2.15. The van der Waals surface area contributed by atoms with Gasteiger partial charge in [-0.3, -0.25) is 10.1 Å². The molecule has 86 valence electrons. The third-order valence-corrected chi connectivity index (χ3v) is 2.32. The summed E-state index contributed by atoms with van der Waals surface area (Å²) in [6.45, 7) is 8.29. The van der Waals surface area contributed by atoms with Crippen LogP contribution in [0.1, 0.15) is 12.5 Å². The number of nitro groups is 1. The van der Waals surface area contributed by atoms with Gasteiger partial charge in [-0.1, -0.05) is 12.2 Å². The summed E-state index contributed by atoms with van der Waals surface area (Å²) in [6.07, 6.45) is 0. The minimum Gasteiger partial charge on any atom is -0.371 e. The zero-order chi connectivity index (χ0) is 12.3. The highest BCUT2D eigenvalue weighted by Crippen LogP contribution is 2.23. The molecule has 1 aromatic rings. The van der Waals surface area contributed by atoms with E-state index < -0.39 is 0 Å². The van der Waals surface area contributed by atoms with E-state index in [0.29, 0.717) is 5.56 Å². The number of hydrogen-bond acceptors (Lipinski definition) is 3. The van der Waals surface area contributed by atoms with Crippen molar-refractivity contribution in [2.24, 2.45) is 0 Å². The van der Waals surface area contributed by atoms with Crippen LogP contribution >= 0.6 is 0 Å². The fourth-order valence-corrected chi connectivity index (χ4v) is 1.58. The van der Waals surface area contributed by atoms with Crippen LogP contribution in [0.3, 0.4) is 0 Å². The van der Waals surface area contributed by atoms with E-state index in [0.717, 1.165) is 17.8 Å². The van der Waals surface area contributed by atoms with E-state index >= 15 is 0 Å². The van der Waals surface area contributed by atoms with Crippen molar-refractivity contribution in [2.75, 3.05) is 18.5 Å². The maximum Gasteiger partial charge on any atom is 0.272 e. The van der Waals surface area contributed by atoms with Crippen molar-refractivity contribution in [1.29, 1.82) is 0 Å². The number of nitro benzene ring substituents is 1. The van der Waals surface area contributed by atoms with Crippen molar-refractivity contribution in [3.63, 3.8) is 0 Å². The number of rotatable bonds is 4. The van der Waals surface area contributed by atoms with Gasteiger partial charge in [0.25, 0.3) is 5.69 Å². The van der Waals surface area contributed by atoms with E-state index in [4.69, 9.17) is 0 Å². The van der Waals surface area contributed by atoms with Crippen molar-refractivity contribution < 1.29 is 4.92 Å². The molecule has 1 aromatic carbocycles. The molecule has 0 unspecified atom stereocenters. The lowest BCUT2D eigenvalue weighted by atomic mass is 10.1. The molecule has 0 amide bonds. The Balaban J connectivity index is 2.96. The van der Waals surface area contributed by atoms with Crippen LogP contribution in [-0.4, -0.2) is 18.5 Å². The second kappa shape index (κ2) is 4.79. The molecule has 4 heteroatoms. The third-order valence-electron chi connectivity index (χ3n) is 2.32. The molecule has 0 heterocycles. The van der Waals surface area contributed by atoms with E-state index in [9.17, 15) is 10.1 Å². The fraction of sp³-hybridized carbons (Fsp3) is 0.333. The Kier molecular flexibility index (Phi) is 3.66. The number of nitrogens with zero attached hydrogens (tertiary/aromatic N) is 2. The predicted molar refractivity (Wildman–Crippen MR) is 65.9 cm³/mol. The van der Waals surface area contributed by atoms with E-state index in [2.05, 4.69) is 6.58 Å².